The molecule has 0 radical (unpaired) electrons. The third kappa shape index (κ3) is 2.43. The summed E-state index contributed by atoms with van der Waals surface area (Å²) in [5.41, 5.74) is 3.54. The van der Waals surface area contributed by atoms with E-state index < -0.39 is 0 Å². The minimum absolute atomic E-state index is 0.0532. The number of carbonyl (C=O) groups is 1. The van der Waals surface area contributed by atoms with Crippen LogP contribution in [0.3, 0.4) is 0 Å². The molecule has 0 spiro atoms. The fraction of sp³-hybridized carbons (Fsp3) is 0.500. The van der Waals surface area contributed by atoms with E-state index in [-0.39, 0.29) is 11.9 Å². The molecule has 0 saturated carbocycles. The number of benzene rings is 1. The van der Waals surface area contributed by atoms with E-state index >= 15 is 0 Å². The van der Waals surface area contributed by atoms with E-state index in [9.17, 15) is 4.79 Å². The first-order chi connectivity index (χ1) is 7.66. The van der Waals surface area contributed by atoms with E-state index in [4.69, 9.17) is 4.74 Å². The molecule has 1 aliphatic heterocycles. The van der Waals surface area contributed by atoms with Crippen molar-refractivity contribution >= 4 is 5.97 Å². The van der Waals surface area contributed by atoms with Gasteiger partial charge < -0.3 is 4.74 Å². The van der Waals surface area contributed by atoms with Crippen LogP contribution in [-0.2, 0) is 9.53 Å². The monoisotopic (exact) mass is 218 g/mol. The molecule has 1 aliphatic rings. The Morgan fingerprint density at radius 3 is 2.50 bits per heavy atom. The molecule has 1 atom stereocenters. The molecule has 1 saturated heterocycles. The first kappa shape index (κ1) is 11.2. The lowest BCUT2D eigenvalue weighted by Gasteiger charge is -2.14. The second-order valence-corrected chi connectivity index (χ2v) is 4.64. The van der Waals surface area contributed by atoms with E-state index in [1.54, 1.807) is 0 Å². The minimum Gasteiger partial charge on any atom is -0.465 e. The summed E-state index contributed by atoms with van der Waals surface area (Å²) in [7, 11) is 0. The number of ether oxygens (including phenoxy) is 1. The Labute approximate surface area is 96.6 Å². The van der Waals surface area contributed by atoms with Crippen molar-refractivity contribution in [2.75, 3.05) is 6.61 Å². The first-order valence-corrected chi connectivity index (χ1v) is 5.91. The normalized spacial score (nSPS) is 21.4. The first-order valence-electron chi connectivity index (χ1n) is 5.91. The highest BCUT2D eigenvalue weighted by Crippen LogP contribution is 2.27. The summed E-state index contributed by atoms with van der Waals surface area (Å²) < 4.78 is 5.21. The average Bonchev–Trinajstić information content (AvgIpc) is 2.41. The van der Waals surface area contributed by atoms with Crippen molar-refractivity contribution in [1.82, 2.24) is 0 Å². The van der Waals surface area contributed by atoms with Gasteiger partial charge in [0.05, 0.1) is 12.5 Å². The van der Waals surface area contributed by atoms with E-state index in [1.807, 2.05) is 0 Å². The number of carbonyl (C=O) groups excluding carboxylic acids is 1. The number of hydrogen-bond donors (Lipinski definition) is 0. The van der Waals surface area contributed by atoms with Gasteiger partial charge in [-0.15, -0.1) is 0 Å². The van der Waals surface area contributed by atoms with Crippen LogP contribution in [0, 0.1) is 13.8 Å². The standard InChI is InChI=1S/C14H18O2/c1-10-7-11(2)9-12(8-10)13-5-3-4-6-16-14(13)15/h7-9,13H,3-6H2,1-2H3. The molecule has 1 aromatic rings. The molecule has 1 fully saturated rings. The molecule has 2 rings (SSSR count). The fourth-order valence-electron chi connectivity index (χ4n) is 2.36. The zero-order chi connectivity index (χ0) is 11.5. The van der Waals surface area contributed by atoms with E-state index in [2.05, 4.69) is 32.0 Å². The van der Waals surface area contributed by atoms with Gasteiger partial charge in [0.2, 0.25) is 0 Å². The number of esters is 1. The third-order valence-corrected chi connectivity index (χ3v) is 3.06. The number of aryl methyl sites for hydroxylation is 2. The van der Waals surface area contributed by atoms with Gasteiger partial charge in [0.15, 0.2) is 0 Å². The molecule has 0 amide bonds. The maximum atomic E-state index is 11.8. The van der Waals surface area contributed by atoms with Crippen molar-refractivity contribution in [2.24, 2.45) is 0 Å². The zero-order valence-corrected chi connectivity index (χ0v) is 9.95. The smallest absolute Gasteiger partial charge is 0.313 e. The highest BCUT2D eigenvalue weighted by molar-refractivity contribution is 5.78. The maximum absolute atomic E-state index is 11.8. The lowest BCUT2D eigenvalue weighted by atomic mass is 9.92. The van der Waals surface area contributed by atoms with Crippen molar-refractivity contribution in [3.05, 3.63) is 34.9 Å². The van der Waals surface area contributed by atoms with Crippen molar-refractivity contribution in [3.8, 4) is 0 Å². The van der Waals surface area contributed by atoms with E-state index in [0.29, 0.717) is 6.61 Å². The lowest BCUT2D eigenvalue weighted by molar-refractivity contribution is -0.144. The molecule has 1 heterocycles. The van der Waals surface area contributed by atoms with Gasteiger partial charge in [-0.05, 0) is 38.7 Å². The van der Waals surface area contributed by atoms with Crippen LogP contribution >= 0.6 is 0 Å². The van der Waals surface area contributed by atoms with Gasteiger partial charge in [0.25, 0.3) is 0 Å². The molecule has 0 N–H and O–H groups in total. The maximum Gasteiger partial charge on any atom is 0.313 e. The van der Waals surface area contributed by atoms with Crippen LogP contribution in [-0.4, -0.2) is 12.6 Å². The third-order valence-electron chi connectivity index (χ3n) is 3.06. The molecule has 0 aromatic heterocycles. The second kappa shape index (κ2) is 4.69. The van der Waals surface area contributed by atoms with Crippen LogP contribution in [0.2, 0.25) is 0 Å². The Bertz CT molecular complexity index is 375. The Morgan fingerprint density at radius 2 is 1.81 bits per heavy atom. The molecule has 1 aromatic carbocycles. The van der Waals surface area contributed by atoms with Crippen molar-refractivity contribution in [2.45, 2.75) is 39.0 Å². The van der Waals surface area contributed by atoms with Gasteiger partial charge in [0, 0.05) is 0 Å². The molecule has 2 nitrogen and oxygen atoms in total. The van der Waals surface area contributed by atoms with Crippen LogP contribution in [0.5, 0.6) is 0 Å². The minimum atomic E-state index is -0.0545. The molecule has 86 valence electrons. The number of cyclic esters (lactones) is 1. The molecule has 16 heavy (non-hydrogen) atoms. The molecule has 0 aliphatic carbocycles. The summed E-state index contributed by atoms with van der Waals surface area (Å²) in [6.07, 6.45) is 2.98. The summed E-state index contributed by atoms with van der Waals surface area (Å²) in [5, 5.41) is 0. The molecule has 0 bridgehead atoms. The van der Waals surface area contributed by atoms with Crippen molar-refractivity contribution < 1.29 is 9.53 Å². The van der Waals surface area contributed by atoms with Crippen LogP contribution in [0.4, 0.5) is 0 Å². The number of hydrogen-bond acceptors (Lipinski definition) is 2. The van der Waals surface area contributed by atoms with Gasteiger partial charge in [-0.3, -0.25) is 4.79 Å². The molecule has 1 unspecified atom stereocenters. The SMILES string of the molecule is Cc1cc(C)cc(C2CCCCOC2=O)c1. The van der Waals surface area contributed by atoms with Crippen LogP contribution in [0.15, 0.2) is 18.2 Å². The van der Waals surface area contributed by atoms with Gasteiger partial charge >= 0.3 is 5.97 Å². The van der Waals surface area contributed by atoms with Crippen molar-refractivity contribution in [1.29, 1.82) is 0 Å². The Kier molecular flexibility index (Phi) is 3.28. The number of rotatable bonds is 1. The molecular weight excluding hydrogens is 200 g/mol. The Balaban J connectivity index is 2.30. The summed E-state index contributed by atoms with van der Waals surface area (Å²) in [6, 6.07) is 6.33. The van der Waals surface area contributed by atoms with Crippen LogP contribution < -0.4 is 0 Å². The largest absolute Gasteiger partial charge is 0.465 e. The van der Waals surface area contributed by atoms with Crippen molar-refractivity contribution in [3.63, 3.8) is 0 Å². The van der Waals surface area contributed by atoms with Gasteiger partial charge in [0.1, 0.15) is 0 Å². The Hall–Kier alpha value is -1.31. The van der Waals surface area contributed by atoms with E-state index in [0.717, 1.165) is 24.8 Å². The zero-order valence-electron chi connectivity index (χ0n) is 9.95. The highest BCUT2D eigenvalue weighted by atomic mass is 16.5. The molecule has 2 heteroatoms. The summed E-state index contributed by atoms with van der Waals surface area (Å²) in [4.78, 5) is 11.8. The summed E-state index contributed by atoms with van der Waals surface area (Å²) in [6.45, 7) is 4.72. The highest BCUT2D eigenvalue weighted by Gasteiger charge is 2.24. The topological polar surface area (TPSA) is 26.3 Å². The van der Waals surface area contributed by atoms with Crippen LogP contribution in [0.1, 0.15) is 41.9 Å². The van der Waals surface area contributed by atoms with Crippen LogP contribution in [0.25, 0.3) is 0 Å². The average molecular weight is 218 g/mol. The Morgan fingerprint density at radius 1 is 1.12 bits per heavy atom. The predicted octanol–water partition coefficient (Wildman–Crippen LogP) is 3.11. The molecular formula is C14H18O2. The van der Waals surface area contributed by atoms with Gasteiger partial charge in [-0.25, -0.2) is 0 Å². The summed E-state index contributed by atoms with van der Waals surface area (Å²) >= 11 is 0. The van der Waals surface area contributed by atoms with Gasteiger partial charge in [-0.1, -0.05) is 29.3 Å². The van der Waals surface area contributed by atoms with Gasteiger partial charge in [-0.2, -0.15) is 0 Å². The summed E-state index contributed by atoms with van der Waals surface area (Å²) in [5.74, 6) is -0.108. The fourth-order valence-corrected chi connectivity index (χ4v) is 2.36. The second-order valence-electron chi connectivity index (χ2n) is 4.64. The van der Waals surface area contributed by atoms with E-state index in [1.165, 1.54) is 11.1 Å². The lowest BCUT2D eigenvalue weighted by Crippen LogP contribution is -2.14. The predicted molar refractivity (Wildman–Crippen MR) is 63.5 cm³/mol. The quantitative estimate of drug-likeness (QED) is 0.677.